The van der Waals surface area contributed by atoms with Gasteiger partial charge in [-0.3, -0.25) is 0 Å². The average molecular weight is 324 g/mol. The molecule has 3 rings (SSSR count). The van der Waals surface area contributed by atoms with Gasteiger partial charge in [0.2, 0.25) is 0 Å². The summed E-state index contributed by atoms with van der Waals surface area (Å²) in [6.45, 7) is 7.73. The Balaban J connectivity index is 1.82. The molecule has 1 aromatic rings. The first kappa shape index (κ1) is 15.5. The zero-order valence-corrected chi connectivity index (χ0v) is 14.0. The molecule has 0 aromatic heterocycles. The molecule has 2 atom stereocenters. The molecule has 2 aliphatic heterocycles. The third kappa shape index (κ3) is 3.17. The van der Waals surface area contributed by atoms with Gasteiger partial charge in [-0.25, -0.2) is 4.79 Å². The van der Waals surface area contributed by atoms with Gasteiger partial charge in [0, 0.05) is 29.6 Å². The van der Waals surface area contributed by atoms with Crippen LogP contribution in [0, 0.1) is 5.92 Å². The summed E-state index contributed by atoms with van der Waals surface area (Å²) in [7, 11) is 0. The van der Waals surface area contributed by atoms with Crippen LogP contribution in [0.2, 0.25) is 5.02 Å². The molecule has 0 spiro atoms. The predicted octanol–water partition coefficient (Wildman–Crippen LogP) is 4.07. The Morgan fingerprint density at radius 1 is 1.36 bits per heavy atom. The molecule has 1 aromatic carbocycles. The van der Waals surface area contributed by atoms with Crippen molar-refractivity contribution < 1.29 is 14.3 Å². The van der Waals surface area contributed by atoms with Gasteiger partial charge < -0.3 is 14.4 Å². The van der Waals surface area contributed by atoms with Crippen molar-refractivity contribution in [1.82, 2.24) is 4.90 Å². The molecule has 22 heavy (non-hydrogen) atoms. The number of halogens is 1. The SMILES string of the molecule is CC(C)(C)OC(=O)N1C[C@@H]2CCOc3ccc(Cl)cc3[C@H]2C1. The number of hydrogen-bond acceptors (Lipinski definition) is 3. The summed E-state index contributed by atoms with van der Waals surface area (Å²) in [4.78, 5) is 14.1. The fraction of sp³-hybridized carbons (Fsp3) is 0.588. The Kier molecular flexibility index (Phi) is 3.98. The van der Waals surface area contributed by atoms with Crippen molar-refractivity contribution in [3.05, 3.63) is 28.8 Å². The molecule has 0 saturated carbocycles. The maximum atomic E-state index is 12.3. The van der Waals surface area contributed by atoms with Gasteiger partial charge in [0.25, 0.3) is 0 Å². The second-order valence-electron chi connectivity index (χ2n) is 7.07. The van der Waals surface area contributed by atoms with E-state index >= 15 is 0 Å². The maximum absolute atomic E-state index is 12.3. The zero-order valence-electron chi connectivity index (χ0n) is 13.3. The predicted molar refractivity (Wildman–Crippen MR) is 85.6 cm³/mol. The highest BCUT2D eigenvalue weighted by Gasteiger charge is 2.40. The van der Waals surface area contributed by atoms with Gasteiger partial charge in [-0.05, 0) is 51.3 Å². The molecular weight excluding hydrogens is 302 g/mol. The molecule has 2 aliphatic rings. The number of likely N-dealkylation sites (tertiary alicyclic amines) is 1. The summed E-state index contributed by atoms with van der Waals surface area (Å²) in [5, 5.41) is 0.707. The second kappa shape index (κ2) is 5.65. The van der Waals surface area contributed by atoms with Crippen LogP contribution in [0.15, 0.2) is 18.2 Å². The highest BCUT2D eigenvalue weighted by molar-refractivity contribution is 6.30. The van der Waals surface area contributed by atoms with Crippen molar-refractivity contribution in [3.8, 4) is 5.75 Å². The van der Waals surface area contributed by atoms with Crippen LogP contribution in [0.5, 0.6) is 5.75 Å². The lowest BCUT2D eigenvalue weighted by atomic mass is 9.87. The summed E-state index contributed by atoms with van der Waals surface area (Å²) in [5.74, 6) is 1.55. The van der Waals surface area contributed by atoms with Gasteiger partial charge in [0.15, 0.2) is 0 Å². The van der Waals surface area contributed by atoms with E-state index in [1.165, 1.54) is 0 Å². The highest BCUT2D eigenvalue weighted by atomic mass is 35.5. The van der Waals surface area contributed by atoms with Crippen molar-refractivity contribution in [3.63, 3.8) is 0 Å². The van der Waals surface area contributed by atoms with E-state index in [0.29, 0.717) is 24.1 Å². The Labute approximate surface area is 136 Å². The fourth-order valence-electron chi connectivity index (χ4n) is 3.25. The number of hydrogen-bond donors (Lipinski definition) is 0. The molecule has 0 unspecified atom stereocenters. The van der Waals surface area contributed by atoms with Gasteiger partial charge in [0.1, 0.15) is 11.4 Å². The van der Waals surface area contributed by atoms with Crippen molar-refractivity contribution >= 4 is 17.7 Å². The third-order valence-corrected chi connectivity index (χ3v) is 4.45. The van der Waals surface area contributed by atoms with E-state index in [2.05, 4.69) is 0 Å². The van der Waals surface area contributed by atoms with Gasteiger partial charge >= 0.3 is 6.09 Å². The van der Waals surface area contributed by atoms with E-state index in [-0.39, 0.29) is 12.0 Å². The molecular formula is C17H22ClNO3. The van der Waals surface area contributed by atoms with Crippen molar-refractivity contribution in [1.29, 1.82) is 0 Å². The molecule has 2 heterocycles. The van der Waals surface area contributed by atoms with Crippen LogP contribution in [0.3, 0.4) is 0 Å². The maximum Gasteiger partial charge on any atom is 0.410 e. The van der Waals surface area contributed by atoms with Crippen molar-refractivity contribution in [2.24, 2.45) is 5.92 Å². The molecule has 0 N–H and O–H groups in total. The quantitative estimate of drug-likeness (QED) is 0.722. The number of carbonyl (C=O) groups is 1. The second-order valence-corrected chi connectivity index (χ2v) is 7.51. The normalized spacial score (nSPS) is 24.1. The summed E-state index contributed by atoms with van der Waals surface area (Å²) >= 11 is 6.15. The van der Waals surface area contributed by atoms with Crippen LogP contribution in [0.1, 0.15) is 38.7 Å². The van der Waals surface area contributed by atoms with E-state index in [9.17, 15) is 4.79 Å². The van der Waals surface area contributed by atoms with Crippen LogP contribution >= 0.6 is 11.6 Å². The number of benzene rings is 1. The number of nitrogens with zero attached hydrogens (tertiary/aromatic N) is 1. The monoisotopic (exact) mass is 323 g/mol. The molecule has 1 fully saturated rings. The fourth-order valence-corrected chi connectivity index (χ4v) is 3.43. The van der Waals surface area contributed by atoms with E-state index in [4.69, 9.17) is 21.1 Å². The summed E-state index contributed by atoms with van der Waals surface area (Å²) < 4.78 is 11.3. The van der Waals surface area contributed by atoms with Gasteiger partial charge in [0.05, 0.1) is 6.61 Å². The minimum atomic E-state index is -0.466. The van der Waals surface area contributed by atoms with Gasteiger partial charge in [-0.2, -0.15) is 0 Å². The minimum Gasteiger partial charge on any atom is -0.493 e. The lowest BCUT2D eigenvalue weighted by Crippen LogP contribution is -2.35. The lowest BCUT2D eigenvalue weighted by molar-refractivity contribution is 0.0284. The van der Waals surface area contributed by atoms with Crippen LogP contribution in [-0.2, 0) is 4.74 Å². The minimum absolute atomic E-state index is 0.231. The number of ether oxygens (including phenoxy) is 2. The molecule has 1 amide bonds. The standard InChI is InChI=1S/C17H22ClNO3/c1-17(2,3)22-16(20)19-9-11-6-7-21-15-5-4-12(18)8-13(15)14(11)10-19/h4-5,8,11,14H,6-7,9-10H2,1-3H3/t11-,14-/m0/s1. The number of rotatable bonds is 0. The first-order valence-electron chi connectivity index (χ1n) is 7.74. The zero-order chi connectivity index (χ0) is 15.9. The van der Waals surface area contributed by atoms with Crippen LogP contribution in [0.4, 0.5) is 4.79 Å². The molecule has 0 radical (unpaired) electrons. The number of amides is 1. The summed E-state index contributed by atoms with van der Waals surface area (Å²) in [6.07, 6.45) is 0.709. The van der Waals surface area contributed by atoms with E-state index in [1.54, 1.807) is 0 Å². The Hall–Kier alpha value is -1.42. The van der Waals surface area contributed by atoms with E-state index in [0.717, 1.165) is 24.3 Å². The Bertz CT molecular complexity index is 582. The summed E-state index contributed by atoms with van der Waals surface area (Å²) in [6, 6.07) is 5.75. The van der Waals surface area contributed by atoms with E-state index < -0.39 is 5.60 Å². The van der Waals surface area contributed by atoms with Gasteiger partial charge in [-0.15, -0.1) is 0 Å². The average Bonchev–Trinajstić information content (AvgIpc) is 2.76. The Morgan fingerprint density at radius 3 is 2.86 bits per heavy atom. The molecule has 0 aliphatic carbocycles. The van der Waals surface area contributed by atoms with E-state index in [1.807, 2.05) is 43.9 Å². The van der Waals surface area contributed by atoms with Crippen molar-refractivity contribution in [2.75, 3.05) is 19.7 Å². The number of carbonyl (C=O) groups excluding carboxylic acids is 1. The van der Waals surface area contributed by atoms with Crippen molar-refractivity contribution in [2.45, 2.75) is 38.7 Å². The van der Waals surface area contributed by atoms with Crippen LogP contribution in [0.25, 0.3) is 0 Å². The van der Waals surface area contributed by atoms with Gasteiger partial charge in [-0.1, -0.05) is 11.6 Å². The largest absolute Gasteiger partial charge is 0.493 e. The first-order valence-corrected chi connectivity index (χ1v) is 8.11. The van der Waals surface area contributed by atoms with Crippen LogP contribution < -0.4 is 4.74 Å². The third-order valence-electron chi connectivity index (χ3n) is 4.21. The lowest BCUT2D eigenvalue weighted by Gasteiger charge is -2.24. The Morgan fingerprint density at radius 2 is 2.14 bits per heavy atom. The smallest absolute Gasteiger partial charge is 0.410 e. The van der Waals surface area contributed by atoms with Crippen LogP contribution in [-0.4, -0.2) is 36.3 Å². The highest BCUT2D eigenvalue weighted by Crippen LogP contribution is 2.42. The topological polar surface area (TPSA) is 38.8 Å². The molecule has 5 heteroatoms. The molecule has 120 valence electrons. The summed E-state index contributed by atoms with van der Waals surface area (Å²) in [5.41, 5.74) is 0.646. The number of fused-ring (bicyclic) bond motifs is 3. The molecule has 0 bridgehead atoms. The molecule has 4 nitrogen and oxygen atoms in total. The first-order chi connectivity index (χ1) is 10.3. The molecule has 1 saturated heterocycles.